The second-order valence-corrected chi connectivity index (χ2v) is 8.11. The van der Waals surface area contributed by atoms with Gasteiger partial charge in [0, 0.05) is 6.07 Å². The van der Waals surface area contributed by atoms with Crippen LogP contribution in [0.15, 0.2) is 66.9 Å². The van der Waals surface area contributed by atoms with Crippen molar-refractivity contribution in [2.45, 2.75) is 6.92 Å². The Kier molecular flexibility index (Phi) is 2.65. The van der Waals surface area contributed by atoms with Gasteiger partial charge in [0.15, 0.2) is 6.20 Å². The van der Waals surface area contributed by atoms with Crippen molar-refractivity contribution in [2.75, 3.05) is 0 Å². The third-order valence-corrected chi connectivity index (χ3v) is 6.63. The molecule has 0 amide bonds. The third kappa shape index (κ3) is 1.64. The first kappa shape index (κ1) is 14.3. The molecule has 0 saturated carbocycles. The van der Waals surface area contributed by atoms with Gasteiger partial charge in [-0.25, -0.2) is 4.57 Å². The van der Waals surface area contributed by atoms with E-state index in [2.05, 4.69) is 90.0 Å². The van der Waals surface area contributed by atoms with Crippen molar-refractivity contribution in [1.82, 2.24) is 4.57 Å². The molecule has 4 aromatic rings. The molecule has 0 atom stereocenters. The Morgan fingerprint density at radius 1 is 0.808 bits per heavy atom. The summed E-state index contributed by atoms with van der Waals surface area (Å²) >= 11 is 1.88. The quantitative estimate of drug-likeness (QED) is 0.187. The summed E-state index contributed by atoms with van der Waals surface area (Å²) < 4.78 is 7.39. The predicted octanol–water partition coefficient (Wildman–Crippen LogP) is 5.72. The van der Waals surface area contributed by atoms with Crippen LogP contribution in [0.4, 0.5) is 0 Å². The summed E-state index contributed by atoms with van der Waals surface area (Å²) in [6.45, 7) is 2.22. The van der Waals surface area contributed by atoms with E-state index in [1.807, 2.05) is 11.3 Å². The normalized spacial score (nSPS) is 12.2. The molecular formula is C23H17N2S+. The van der Waals surface area contributed by atoms with Crippen molar-refractivity contribution in [3.8, 4) is 5.69 Å². The number of aryl methyl sites for hydroxylation is 2. The van der Waals surface area contributed by atoms with Crippen LogP contribution in [0.5, 0.6) is 0 Å². The average Bonchev–Trinajstić information content (AvgIpc) is 2.67. The lowest BCUT2D eigenvalue weighted by Gasteiger charge is -2.22. The number of rotatable bonds is 0. The number of hydrogen-bond acceptors (Lipinski definition) is 1. The number of hydrogen-bond donors (Lipinski definition) is 0. The van der Waals surface area contributed by atoms with E-state index in [9.17, 15) is 0 Å². The van der Waals surface area contributed by atoms with Crippen LogP contribution >= 0.6 is 11.3 Å². The zero-order valence-corrected chi connectivity index (χ0v) is 15.5. The zero-order valence-electron chi connectivity index (χ0n) is 14.7. The number of fused-ring (bicyclic) bond motifs is 5. The molecule has 0 radical (unpaired) electrons. The molecule has 2 nitrogen and oxygen atoms in total. The van der Waals surface area contributed by atoms with Gasteiger partial charge in [-0.2, -0.15) is 0 Å². The largest absolute Gasteiger partial charge is 0.306 e. The van der Waals surface area contributed by atoms with Gasteiger partial charge >= 0.3 is 0 Å². The summed E-state index contributed by atoms with van der Waals surface area (Å²) in [7, 11) is 2.16. The second-order valence-electron chi connectivity index (χ2n) is 7.03. The van der Waals surface area contributed by atoms with Gasteiger partial charge in [-0.15, -0.1) is 11.3 Å². The van der Waals surface area contributed by atoms with Crippen LogP contribution in [0, 0.1) is 6.92 Å². The van der Waals surface area contributed by atoms with Crippen LogP contribution in [-0.2, 0) is 7.05 Å². The highest BCUT2D eigenvalue weighted by molar-refractivity contribution is 7.24. The topological polar surface area (TPSA) is 8.81 Å². The van der Waals surface area contributed by atoms with Crippen molar-refractivity contribution in [1.29, 1.82) is 0 Å². The summed E-state index contributed by atoms with van der Waals surface area (Å²) in [5.74, 6) is 0. The molecule has 0 saturated heterocycles. The third-order valence-electron chi connectivity index (χ3n) is 5.52. The second kappa shape index (κ2) is 4.83. The molecule has 0 aliphatic carbocycles. The SMILES string of the molecule is Cc1cccc2c1c1c3c4c(ccc3cc[n+]1C)sc1ccccc1n2-4. The number of benzene rings is 3. The monoisotopic (exact) mass is 353 g/mol. The lowest BCUT2D eigenvalue weighted by atomic mass is 9.99. The van der Waals surface area contributed by atoms with Crippen LogP contribution in [0.1, 0.15) is 5.56 Å². The molecule has 0 spiro atoms. The van der Waals surface area contributed by atoms with E-state index in [-0.39, 0.29) is 0 Å². The van der Waals surface area contributed by atoms with E-state index in [4.69, 9.17) is 0 Å². The van der Waals surface area contributed by atoms with Gasteiger partial charge in [0.2, 0.25) is 5.52 Å². The van der Waals surface area contributed by atoms with Crippen molar-refractivity contribution < 1.29 is 4.57 Å². The van der Waals surface area contributed by atoms with Crippen LogP contribution in [0.2, 0.25) is 0 Å². The zero-order chi connectivity index (χ0) is 17.4. The fourth-order valence-corrected chi connectivity index (χ4v) is 5.46. The maximum absolute atomic E-state index is 2.47. The summed E-state index contributed by atoms with van der Waals surface area (Å²) in [5.41, 5.74) is 6.53. The van der Waals surface area contributed by atoms with Crippen LogP contribution < -0.4 is 4.57 Å². The maximum atomic E-state index is 2.47. The minimum Gasteiger partial charge on any atom is -0.306 e. The highest BCUT2D eigenvalue weighted by Crippen LogP contribution is 2.42. The minimum absolute atomic E-state index is 1.28. The Balaban J connectivity index is 2.13. The Morgan fingerprint density at radius 3 is 2.58 bits per heavy atom. The van der Waals surface area contributed by atoms with Crippen molar-refractivity contribution in [3.05, 3.63) is 72.4 Å². The van der Waals surface area contributed by atoms with E-state index in [1.54, 1.807) is 0 Å². The standard InChI is InChI=1S/C23H17N2S/c1-14-6-5-8-17-20(14)23-21-15(12-13-24(23)2)10-11-19-22(21)25(17)16-7-3-4-9-18(16)26-19/h3-13H,1-2H3/q+1. The molecule has 3 heterocycles. The summed E-state index contributed by atoms with van der Waals surface area (Å²) in [4.78, 5) is 0. The molecule has 3 heteroatoms. The van der Waals surface area contributed by atoms with Crippen molar-refractivity contribution >= 4 is 53.4 Å². The first-order chi connectivity index (χ1) is 12.7. The minimum atomic E-state index is 1.28. The molecule has 0 unspecified atom stereocenters. The predicted molar refractivity (Wildman–Crippen MR) is 111 cm³/mol. The van der Waals surface area contributed by atoms with Gasteiger partial charge in [-0.3, -0.25) is 0 Å². The molecule has 0 bridgehead atoms. The van der Waals surface area contributed by atoms with E-state index < -0.39 is 0 Å². The van der Waals surface area contributed by atoms with Gasteiger partial charge in [0.1, 0.15) is 7.05 Å². The van der Waals surface area contributed by atoms with Crippen molar-refractivity contribution in [3.63, 3.8) is 0 Å². The number of nitrogens with zero attached hydrogens (tertiary/aromatic N) is 2. The molecule has 2 aliphatic heterocycles. The number of pyridine rings is 2. The Bertz CT molecular complexity index is 1450. The highest BCUT2D eigenvalue weighted by atomic mass is 32.1. The summed E-state index contributed by atoms with van der Waals surface area (Å²) in [6, 6.07) is 22.1. The molecular weight excluding hydrogens is 336 g/mol. The lowest BCUT2D eigenvalue weighted by Crippen LogP contribution is -2.29. The van der Waals surface area contributed by atoms with Gasteiger partial charge < -0.3 is 4.57 Å². The Hall–Kier alpha value is -2.91. The lowest BCUT2D eigenvalue weighted by molar-refractivity contribution is -0.643. The van der Waals surface area contributed by atoms with Gasteiger partial charge in [-0.1, -0.05) is 30.3 Å². The van der Waals surface area contributed by atoms with E-state index >= 15 is 0 Å². The van der Waals surface area contributed by atoms with E-state index in [0.717, 1.165) is 0 Å². The molecule has 0 fully saturated rings. The first-order valence-corrected chi connectivity index (χ1v) is 9.68. The molecule has 1 aromatic heterocycles. The smallest absolute Gasteiger partial charge is 0.224 e. The van der Waals surface area contributed by atoms with E-state index in [1.165, 1.54) is 53.4 Å². The Labute approximate surface area is 154 Å². The molecule has 2 aliphatic rings. The molecule has 124 valence electrons. The van der Waals surface area contributed by atoms with E-state index in [0.29, 0.717) is 0 Å². The summed E-state index contributed by atoms with van der Waals surface area (Å²) in [6.07, 6.45) is 2.18. The number of aromatic nitrogens is 2. The summed E-state index contributed by atoms with van der Waals surface area (Å²) in [5, 5.41) is 4.00. The molecule has 6 rings (SSSR count). The molecule has 26 heavy (non-hydrogen) atoms. The first-order valence-electron chi connectivity index (χ1n) is 8.86. The van der Waals surface area contributed by atoms with Crippen LogP contribution in [-0.4, -0.2) is 4.57 Å². The van der Waals surface area contributed by atoms with Crippen LogP contribution in [0.3, 0.4) is 0 Å². The average molecular weight is 353 g/mol. The highest BCUT2D eigenvalue weighted by Gasteiger charge is 2.25. The Morgan fingerprint density at radius 2 is 1.65 bits per heavy atom. The van der Waals surface area contributed by atoms with Gasteiger partial charge in [-0.05, 0) is 42.1 Å². The number of para-hydroxylation sites is 1. The fourth-order valence-electron chi connectivity index (χ4n) is 4.39. The maximum Gasteiger partial charge on any atom is 0.224 e. The van der Waals surface area contributed by atoms with Crippen LogP contribution in [0.25, 0.3) is 47.8 Å². The fraction of sp³-hybridized carbons (Fsp3) is 0.0870. The van der Waals surface area contributed by atoms with Gasteiger partial charge in [0.25, 0.3) is 0 Å². The van der Waals surface area contributed by atoms with Crippen molar-refractivity contribution in [2.24, 2.45) is 7.05 Å². The van der Waals surface area contributed by atoms with Gasteiger partial charge in [0.05, 0.1) is 36.9 Å². The molecule has 3 aromatic carbocycles. The molecule has 0 N–H and O–H groups in total.